The van der Waals surface area contributed by atoms with Gasteiger partial charge in [0, 0.05) is 64.8 Å². The van der Waals surface area contributed by atoms with Gasteiger partial charge in [0.15, 0.2) is 0 Å². The van der Waals surface area contributed by atoms with Crippen molar-refractivity contribution < 1.29 is 9.18 Å². The van der Waals surface area contributed by atoms with E-state index in [1.807, 2.05) is 20.8 Å². The average molecular weight is 370 g/mol. The zero-order valence-corrected chi connectivity index (χ0v) is 15.2. The topological polar surface area (TPSA) is 55.8 Å². The van der Waals surface area contributed by atoms with Crippen molar-refractivity contribution >= 4 is 17.7 Å². The number of amides is 2. The molecule has 0 N–H and O–H groups in total. The van der Waals surface area contributed by atoms with E-state index in [2.05, 4.69) is 14.9 Å². The summed E-state index contributed by atoms with van der Waals surface area (Å²) in [6, 6.07) is 8.66. The summed E-state index contributed by atoms with van der Waals surface area (Å²) in [5, 5.41) is 0. The molecule has 8 heteroatoms. The normalized spacial score (nSPS) is 18.0. The predicted molar refractivity (Wildman–Crippen MR) is 101 cm³/mol. The number of para-hydroxylation sites is 1. The van der Waals surface area contributed by atoms with Crippen LogP contribution in [-0.4, -0.2) is 78.2 Å². The maximum absolute atomic E-state index is 14.0. The molecule has 2 fully saturated rings. The molecule has 2 aliphatic heterocycles. The van der Waals surface area contributed by atoms with E-state index >= 15 is 0 Å². The van der Waals surface area contributed by atoms with Gasteiger partial charge < -0.3 is 19.6 Å². The van der Waals surface area contributed by atoms with E-state index in [1.54, 1.807) is 30.6 Å². The Hall–Kier alpha value is -2.90. The molecular formula is C19H23FN6O. The van der Waals surface area contributed by atoms with E-state index < -0.39 is 0 Å². The molecule has 27 heavy (non-hydrogen) atoms. The molecule has 0 atom stereocenters. The predicted octanol–water partition coefficient (Wildman–Crippen LogP) is 1.68. The SMILES string of the molecule is O=C(N1CCN(c2ncccn2)CC1)N1CCN(c2ccccc2F)CC1. The third kappa shape index (κ3) is 3.79. The molecule has 2 aliphatic rings. The smallest absolute Gasteiger partial charge is 0.320 e. The molecule has 2 amide bonds. The first-order chi connectivity index (χ1) is 13.2. The standard InChI is InChI=1S/C19H23FN6O/c20-16-4-1-2-5-17(16)23-8-12-25(13-9-23)19(27)26-14-10-24(11-15-26)18-21-6-3-7-22-18/h1-7H,8-15H2. The monoisotopic (exact) mass is 370 g/mol. The quantitative estimate of drug-likeness (QED) is 0.805. The highest BCUT2D eigenvalue weighted by Crippen LogP contribution is 2.21. The van der Waals surface area contributed by atoms with Crippen LogP contribution in [0.4, 0.5) is 20.8 Å². The molecule has 142 valence electrons. The molecule has 2 saturated heterocycles. The summed E-state index contributed by atoms with van der Waals surface area (Å²) in [5.74, 6) is 0.500. The maximum atomic E-state index is 14.0. The summed E-state index contributed by atoms with van der Waals surface area (Å²) >= 11 is 0. The summed E-state index contributed by atoms with van der Waals surface area (Å²) in [6.07, 6.45) is 3.46. The lowest BCUT2D eigenvalue weighted by Crippen LogP contribution is -2.57. The minimum Gasteiger partial charge on any atom is -0.366 e. The van der Waals surface area contributed by atoms with E-state index in [0.717, 1.165) is 13.1 Å². The third-order valence-electron chi connectivity index (χ3n) is 5.13. The second-order valence-electron chi connectivity index (χ2n) is 6.73. The molecule has 1 aromatic carbocycles. The van der Waals surface area contributed by atoms with Crippen LogP contribution in [-0.2, 0) is 0 Å². The fourth-order valence-electron chi connectivity index (χ4n) is 3.60. The zero-order valence-electron chi connectivity index (χ0n) is 15.2. The highest BCUT2D eigenvalue weighted by Gasteiger charge is 2.29. The first kappa shape index (κ1) is 17.5. The van der Waals surface area contributed by atoms with E-state index in [1.165, 1.54) is 6.07 Å². The number of aromatic nitrogens is 2. The van der Waals surface area contributed by atoms with Crippen molar-refractivity contribution in [1.82, 2.24) is 19.8 Å². The molecule has 0 aliphatic carbocycles. The maximum Gasteiger partial charge on any atom is 0.320 e. The first-order valence-electron chi connectivity index (χ1n) is 9.27. The fourth-order valence-corrected chi connectivity index (χ4v) is 3.60. The van der Waals surface area contributed by atoms with Crippen molar-refractivity contribution in [2.24, 2.45) is 0 Å². The molecule has 1 aromatic heterocycles. The van der Waals surface area contributed by atoms with Crippen molar-refractivity contribution in [3.8, 4) is 0 Å². The molecule has 4 rings (SSSR count). The number of hydrogen-bond acceptors (Lipinski definition) is 5. The van der Waals surface area contributed by atoms with Crippen molar-refractivity contribution in [3.05, 3.63) is 48.5 Å². The molecule has 2 aromatic rings. The number of halogens is 1. The Labute approximate surface area is 158 Å². The first-order valence-corrected chi connectivity index (χ1v) is 9.27. The van der Waals surface area contributed by atoms with E-state index in [-0.39, 0.29) is 11.8 Å². The summed E-state index contributed by atoms with van der Waals surface area (Å²) in [6.45, 7) is 5.27. The lowest BCUT2D eigenvalue weighted by molar-refractivity contribution is 0.147. The van der Waals surface area contributed by atoms with Crippen LogP contribution in [0.5, 0.6) is 0 Å². The van der Waals surface area contributed by atoms with Gasteiger partial charge in [0.1, 0.15) is 5.82 Å². The van der Waals surface area contributed by atoms with E-state index in [9.17, 15) is 9.18 Å². The van der Waals surface area contributed by atoms with Crippen LogP contribution in [0, 0.1) is 5.82 Å². The van der Waals surface area contributed by atoms with Gasteiger partial charge in [-0.2, -0.15) is 0 Å². The largest absolute Gasteiger partial charge is 0.366 e. The number of carbonyl (C=O) groups is 1. The minimum absolute atomic E-state index is 0.0665. The molecule has 3 heterocycles. The second kappa shape index (κ2) is 7.77. The number of carbonyl (C=O) groups excluding carboxylic acids is 1. The van der Waals surface area contributed by atoms with Gasteiger partial charge in [-0.05, 0) is 18.2 Å². The van der Waals surface area contributed by atoms with Crippen LogP contribution in [0.1, 0.15) is 0 Å². The van der Waals surface area contributed by atoms with Crippen LogP contribution in [0.15, 0.2) is 42.7 Å². The summed E-state index contributed by atoms with van der Waals surface area (Å²) in [4.78, 5) is 29.2. The highest BCUT2D eigenvalue weighted by atomic mass is 19.1. The molecule has 0 radical (unpaired) electrons. The second-order valence-corrected chi connectivity index (χ2v) is 6.73. The van der Waals surface area contributed by atoms with Crippen LogP contribution >= 0.6 is 0 Å². The number of urea groups is 1. The minimum atomic E-state index is -0.212. The Bertz CT molecular complexity index is 773. The van der Waals surface area contributed by atoms with E-state index in [0.29, 0.717) is 50.9 Å². The Morgan fingerprint density at radius 2 is 1.33 bits per heavy atom. The van der Waals surface area contributed by atoms with E-state index in [4.69, 9.17) is 0 Å². The lowest BCUT2D eigenvalue weighted by atomic mass is 10.2. The fraction of sp³-hybridized carbons (Fsp3) is 0.421. The summed E-state index contributed by atoms with van der Waals surface area (Å²) in [7, 11) is 0. The number of rotatable bonds is 2. The summed E-state index contributed by atoms with van der Waals surface area (Å²) < 4.78 is 14.0. The van der Waals surface area contributed by atoms with Crippen molar-refractivity contribution in [2.75, 3.05) is 62.2 Å². The number of piperazine rings is 2. The number of hydrogen-bond donors (Lipinski definition) is 0. The highest BCUT2D eigenvalue weighted by molar-refractivity contribution is 5.75. The average Bonchev–Trinajstić information content (AvgIpc) is 2.74. The molecule has 7 nitrogen and oxygen atoms in total. The van der Waals surface area contributed by atoms with Gasteiger partial charge in [-0.15, -0.1) is 0 Å². The van der Waals surface area contributed by atoms with Crippen molar-refractivity contribution in [1.29, 1.82) is 0 Å². The van der Waals surface area contributed by atoms with Gasteiger partial charge in [-0.25, -0.2) is 19.2 Å². The zero-order chi connectivity index (χ0) is 18.6. The lowest BCUT2D eigenvalue weighted by Gasteiger charge is -2.41. The van der Waals surface area contributed by atoms with Gasteiger partial charge in [0.05, 0.1) is 5.69 Å². The molecular weight excluding hydrogens is 347 g/mol. The molecule has 0 bridgehead atoms. The van der Waals surface area contributed by atoms with Gasteiger partial charge in [-0.1, -0.05) is 12.1 Å². The Kier molecular flexibility index (Phi) is 5.04. The Morgan fingerprint density at radius 1 is 0.778 bits per heavy atom. The van der Waals surface area contributed by atoms with Crippen LogP contribution < -0.4 is 9.80 Å². The third-order valence-corrected chi connectivity index (χ3v) is 5.13. The number of benzene rings is 1. The summed E-state index contributed by atoms with van der Waals surface area (Å²) in [5.41, 5.74) is 0.612. The Balaban J connectivity index is 1.29. The number of anilines is 2. The van der Waals surface area contributed by atoms with Crippen LogP contribution in [0.3, 0.4) is 0 Å². The molecule has 0 unspecified atom stereocenters. The van der Waals surface area contributed by atoms with Gasteiger partial charge in [0.2, 0.25) is 5.95 Å². The molecule has 0 saturated carbocycles. The van der Waals surface area contributed by atoms with Gasteiger partial charge in [-0.3, -0.25) is 0 Å². The van der Waals surface area contributed by atoms with Gasteiger partial charge >= 0.3 is 6.03 Å². The van der Waals surface area contributed by atoms with Crippen LogP contribution in [0.25, 0.3) is 0 Å². The number of nitrogens with zero attached hydrogens (tertiary/aromatic N) is 6. The Morgan fingerprint density at radius 3 is 1.93 bits per heavy atom. The van der Waals surface area contributed by atoms with Crippen molar-refractivity contribution in [2.45, 2.75) is 0 Å². The van der Waals surface area contributed by atoms with Crippen molar-refractivity contribution in [3.63, 3.8) is 0 Å². The van der Waals surface area contributed by atoms with Crippen LogP contribution in [0.2, 0.25) is 0 Å². The molecule has 0 spiro atoms. The van der Waals surface area contributed by atoms with Gasteiger partial charge in [0.25, 0.3) is 0 Å².